The second-order valence-electron chi connectivity index (χ2n) is 7.35. The number of benzene rings is 1. The third-order valence-corrected chi connectivity index (χ3v) is 7.25. The number of ether oxygens (including phenoxy) is 1. The molecule has 0 saturated carbocycles. The van der Waals surface area contributed by atoms with Crippen molar-refractivity contribution in [2.45, 2.75) is 50.5 Å². The van der Waals surface area contributed by atoms with Gasteiger partial charge in [-0.3, -0.25) is 4.79 Å². The minimum atomic E-state index is -3.58. The Balaban J connectivity index is 1.67. The average Bonchev–Trinajstić information content (AvgIpc) is 3.15. The van der Waals surface area contributed by atoms with Gasteiger partial charge in [0.05, 0.1) is 16.9 Å². The van der Waals surface area contributed by atoms with Crippen molar-refractivity contribution in [1.29, 1.82) is 0 Å². The summed E-state index contributed by atoms with van der Waals surface area (Å²) < 4.78 is 33.1. The Labute approximate surface area is 156 Å². The third kappa shape index (κ3) is 4.27. The summed E-state index contributed by atoms with van der Waals surface area (Å²) in [6.07, 6.45) is 3.51. The van der Waals surface area contributed by atoms with Crippen molar-refractivity contribution < 1.29 is 17.9 Å². The number of nitrogens with one attached hydrogen (secondary N) is 1. The predicted molar refractivity (Wildman–Crippen MR) is 99.4 cm³/mol. The number of carbonyl (C=O) groups is 1. The Hall–Kier alpha value is -1.44. The predicted octanol–water partition coefficient (Wildman–Crippen LogP) is 2.00. The van der Waals surface area contributed by atoms with Crippen LogP contribution in [0, 0.1) is 19.8 Å². The molecule has 0 bridgehead atoms. The molecule has 0 aliphatic carbocycles. The Morgan fingerprint density at radius 1 is 1.27 bits per heavy atom. The van der Waals surface area contributed by atoms with Crippen molar-refractivity contribution in [3.63, 3.8) is 0 Å². The molecule has 0 spiro atoms. The maximum Gasteiger partial charge on any atom is 0.243 e. The van der Waals surface area contributed by atoms with Gasteiger partial charge in [0.25, 0.3) is 0 Å². The Kier molecular flexibility index (Phi) is 5.99. The van der Waals surface area contributed by atoms with Gasteiger partial charge in [-0.15, -0.1) is 0 Å². The molecule has 1 N–H and O–H groups in total. The number of sulfonamides is 1. The molecule has 144 valence electrons. The van der Waals surface area contributed by atoms with Gasteiger partial charge in [0.1, 0.15) is 0 Å². The molecule has 2 aliphatic rings. The normalized spacial score (nSPS) is 24.5. The summed E-state index contributed by atoms with van der Waals surface area (Å²) in [6.45, 7) is 5.67. The molecule has 2 fully saturated rings. The quantitative estimate of drug-likeness (QED) is 0.848. The lowest BCUT2D eigenvalue weighted by Gasteiger charge is -2.31. The highest BCUT2D eigenvalue weighted by atomic mass is 32.2. The van der Waals surface area contributed by atoms with E-state index in [0.29, 0.717) is 24.4 Å². The van der Waals surface area contributed by atoms with Crippen LogP contribution >= 0.6 is 0 Å². The average molecular weight is 381 g/mol. The Morgan fingerprint density at radius 2 is 2.08 bits per heavy atom. The molecule has 3 rings (SSSR count). The van der Waals surface area contributed by atoms with Gasteiger partial charge >= 0.3 is 0 Å². The van der Waals surface area contributed by atoms with Gasteiger partial charge in [0.2, 0.25) is 15.9 Å². The minimum absolute atomic E-state index is 0.0682. The van der Waals surface area contributed by atoms with Gasteiger partial charge < -0.3 is 10.1 Å². The van der Waals surface area contributed by atoms with Crippen LogP contribution in [0.3, 0.4) is 0 Å². The van der Waals surface area contributed by atoms with Gasteiger partial charge in [0, 0.05) is 26.2 Å². The highest BCUT2D eigenvalue weighted by molar-refractivity contribution is 7.89. The fourth-order valence-corrected chi connectivity index (χ4v) is 5.50. The van der Waals surface area contributed by atoms with E-state index in [4.69, 9.17) is 4.74 Å². The first-order valence-electron chi connectivity index (χ1n) is 9.34. The van der Waals surface area contributed by atoms with E-state index in [1.807, 2.05) is 26.0 Å². The molecule has 6 nitrogen and oxygen atoms in total. The molecule has 2 heterocycles. The number of rotatable bonds is 5. The fourth-order valence-electron chi connectivity index (χ4n) is 3.66. The molecular formula is C19H28N2O4S. The van der Waals surface area contributed by atoms with E-state index in [0.717, 1.165) is 37.0 Å². The van der Waals surface area contributed by atoms with Crippen LogP contribution in [-0.4, -0.2) is 51.0 Å². The van der Waals surface area contributed by atoms with E-state index in [2.05, 4.69) is 5.32 Å². The zero-order valence-corrected chi connectivity index (χ0v) is 16.3. The van der Waals surface area contributed by atoms with Crippen LogP contribution in [0.4, 0.5) is 0 Å². The van der Waals surface area contributed by atoms with Crippen LogP contribution < -0.4 is 5.32 Å². The van der Waals surface area contributed by atoms with E-state index in [9.17, 15) is 13.2 Å². The fraction of sp³-hybridized carbons (Fsp3) is 0.632. The summed E-state index contributed by atoms with van der Waals surface area (Å²) in [5, 5.41) is 2.94. The van der Waals surface area contributed by atoms with Crippen LogP contribution in [0.2, 0.25) is 0 Å². The zero-order chi connectivity index (χ0) is 18.7. The summed E-state index contributed by atoms with van der Waals surface area (Å²) in [5.74, 6) is -0.369. The van der Waals surface area contributed by atoms with E-state index >= 15 is 0 Å². The largest absolute Gasteiger partial charge is 0.376 e. The zero-order valence-electron chi connectivity index (χ0n) is 15.5. The van der Waals surface area contributed by atoms with Crippen molar-refractivity contribution >= 4 is 15.9 Å². The lowest BCUT2D eigenvalue weighted by atomic mass is 9.99. The minimum Gasteiger partial charge on any atom is -0.376 e. The van der Waals surface area contributed by atoms with Crippen LogP contribution in [-0.2, 0) is 19.6 Å². The highest BCUT2D eigenvalue weighted by Gasteiger charge is 2.34. The smallest absolute Gasteiger partial charge is 0.243 e. The van der Waals surface area contributed by atoms with E-state index in [1.165, 1.54) is 4.31 Å². The van der Waals surface area contributed by atoms with E-state index < -0.39 is 10.0 Å². The third-order valence-electron chi connectivity index (χ3n) is 5.24. The highest BCUT2D eigenvalue weighted by Crippen LogP contribution is 2.26. The molecule has 26 heavy (non-hydrogen) atoms. The first-order valence-corrected chi connectivity index (χ1v) is 10.8. The van der Waals surface area contributed by atoms with Gasteiger partial charge in [-0.1, -0.05) is 12.1 Å². The molecule has 0 unspecified atom stereocenters. The number of aryl methyl sites for hydroxylation is 2. The first kappa shape index (κ1) is 19.3. The summed E-state index contributed by atoms with van der Waals surface area (Å²) in [4.78, 5) is 12.8. The van der Waals surface area contributed by atoms with Crippen LogP contribution in [0.1, 0.15) is 36.8 Å². The first-order chi connectivity index (χ1) is 12.4. The van der Waals surface area contributed by atoms with Crippen molar-refractivity contribution in [3.8, 4) is 0 Å². The number of carbonyl (C=O) groups excluding carboxylic acids is 1. The SMILES string of the molecule is Cc1ccc(C)c(S(=O)(=O)N2CCC[C@H](C(=O)NC[C@@H]3CCCO3)C2)c1. The van der Waals surface area contributed by atoms with Crippen molar-refractivity contribution in [1.82, 2.24) is 9.62 Å². The molecule has 1 amide bonds. The van der Waals surface area contributed by atoms with Crippen molar-refractivity contribution in [2.75, 3.05) is 26.2 Å². The number of piperidine rings is 1. The molecule has 0 aromatic heterocycles. The number of amides is 1. The van der Waals surface area contributed by atoms with Crippen molar-refractivity contribution in [2.24, 2.45) is 5.92 Å². The maximum atomic E-state index is 13.1. The number of hydrogen-bond acceptors (Lipinski definition) is 4. The maximum absolute atomic E-state index is 13.1. The van der Waals surface area contributed by atoms with E-state index in [-0.39, 0.29) is 24.5 Å². The molecule has 2 saturated heterocycles. The summed E-state index contributed by atoms with van der Waals surface area (Å²) in [5.41, 5.74) is 1.65. The molecule has 7 heteroatoms. The summed E-state index contributed by atoms with van der Waals surface area (Å²) in [7, 11) is -3.58. The van der Waals surface area contributed by atoms with E-state index in [1.54, 1.807) is 6.07 Å². The number of nitrogens with zero attached hydrogens (tertiary/aromatic N) is 1. The standard InChI is InChI=1S/C19H28N2O4S/c1-14-7-8-15(2)18(11-14)26(23,24)21-9-3-5-16(13-21)19(22)20-12-17-6-4-10-25-17/h7-8,11,16-17H,3-6,9-10,12-13H2,1-2H3,(H,20,22)/t16-,17-/m0/s1. The molecule has 1 aromatic rings. The van der Waals surface area contributed by atoms with Crippen LogP contribution in [0.25, 0.3) is 0 Å². The lowest BCUT2D eigenvalue weighted by molar-refractivity contribution is -0.126. The van der Waals surface area contributed by atoms with Gasteiger partial charge in [-0.25, -0.2) is 8.42 Å². The number of hydrogen-bond donors (Lipinski definition) is 1. The molecular weight excluding hydrogens is 352 g/mol. The molecule has 1 aromatic carbocycles. The van der Waals surface area contributed by atoms with Crippen LogP contribution in [0.5, 0.6) is 0 Å². The van der Waals surface area contributed by atoms with Gasteiger partial charge in [-0.2, -0.15) is 4.31 Å². The molecule has 0 radical (unpaired) electrons. The molecule has 2 aliphatic heterocycles. The summed E-state index contributed by atoms with van der Waals surface area (Å²) in [6, 6.07) is 5.45. The van der Waals surface area contributed by atoms with Gasteiger partial charge in [0.15, 0.2) is 0 Å². The summed E-state index contributed by atoms with van der Waals surface area (Å²) >= 11 is 0. The lowest BCUT2D eigenvalue weighted by Crippen LogP contribution is -2.46. The van der Waals surface area contributed by atoms with Gasteiger partial charge in [-0.05, 0) is 56.7 Å². The second kappa shape index (κ2) is 8.06. The topological polar surface area (TPSA) is 75.7 Å². The second-order valence-corrected chi connectivity index (χ2v) is 9.26. The van der Waals surface area contributed by atoms with Crippen LogP contribution in [0.15, 0.2) is 23.1 Å². The Morgan fingerprint density at radius 3 is 2.81 bits per heavy atom. The molecule has 2 atom stereocenters. The monoisotopic (exact) mass is 380 g/mol. The van der Waals surface area contributed by atoms with Crippen molar-refractivity contribution in [3.05, 3.63) is 29.3 Å². The Bertz CT molecular complexity index is 757.